The smallest absolute Gasteiger partial charge is 0.327 e. The Morgan fingerprint density at radius 3 is 2.82 bits per heavy atom. The van der Waals surface area contributed by atoms with Gasteiger partial charge in [0.15, 0.2) is 0 Å². The molecule has 3 aliphatic rings. The third-order valence-electron chi connectivity index (χ3n) is 6.53. The summed E-state index contributed by atoms with van der Waals surface area (Å²) in [4.78, 5) is 36.9. The number of urea groups is 1. The van der Waals surface area contributed by atoms with Crippen LogP contribution in [-0.4, -0.2) is 46.3 Å². The molecule has 1 fully saturated rings. The zero-order chi connectivity index (χ0) is 23.1. The first-order valence-corrected chi connectivity index (χ1v) is 12.3. The van der Waals surface area contributed by atoms with Crippen molar-refractivity contribution in [2.75, 3.05) is 18.0 Å². The average molecular weight is 473 g/mol. The van der Waals surface area contributed by atoms with Crippen LogP contribution in [0.5, 0.6) is 0 Å². The molecule has 2 aromatic heterocycles. The highest BCUT2D eigenvalue weighted by Gasteiger charge is 2.46. The fourth-order valence-corrected chi connectivity index (χ4v) is 6.14. The van der Waals surface area contributed by atoms with Crippen LogP contribution in [0.1, 0.15) is 24.4 Å². The van der Waals surface area contributed by atoms with Crippen molar-refractivity contribution in [2.45, 2.75) is 35.2 Å². The molecule has 5 heterocycles. The molecule has 34 heavy (non-hydrogen) atoms. The number of aromatic nitrogens is 2. The van der Waals surface area contributed by atoms with Crippen molar-refractivity contribution in [3.05, 3.63) is 66.6 Å². The van der Waals surface area contributed by atoms with E-state index in [-0.39, 0.29) is 18.0 Å². The van der Waals surface area contributed by atoms with Crippen molar-refractivity contribution in [1.29, 1.82) is 0 Å². The van der Waals surface area contributed by atoms with Crippen LogP contribution >= 0.6 is 11.8 Å². The van der Waals surface area contributed by atoms with Gasteiger partial charge in [0.1, 0.15) is 10.3 Å². The monoisotopic (exact) mass is 472 g/mol. The Bertz CT molecular complexity index is 1250. The number of anilines is 2. The molecular formula is C25H24N6O2S. The molecule has 9 heteroatoms. The number of piperidine rings is 1. The fraction of sp³-hybridized carbons (Fsp3) is 0.280. The van der Waals surface area contributed by atoms with Gasteiger partial charge in [-0.05, 0) is 60.8 Å². The second-order valence-electron chi connectivity index (χ2n) is 8.69. The molecule has 3 amide bonds. The summed E-state index contributed by atoms with van der Waals surface area (Å²) in [5, 5.41) is 9.93. The largest absolute Gasteiger partial charge is 0.351 e. The highest BCUT2D eigenvalue weighted by molar-refractivity contribution is 8.01. The summed E-state index contributed by atoms with van der Waals surface area (Å²) in [6.45, 7) is 1.76. The molecule has 0 saturated carbocycles. The summed E-state index contributed by atoms with van der Waals surface area (Å²) in [5.74, 6) is -0.0546. The van der Waals surface area contributed by atoms with E-state index in [1.807, 2.05) is 42.5 Å². The SMILES string of the molecule is O=C(NC1CCCNC1)[C@@H]1Sc2nccc3c2C1NC(=O)N3c1cccc(-c2ccncc2)c1. The lowest BCUT2D eigenvalue weighted by atomic mass is 9.99. The van der Waals surface area contributed by atoms with Crippen LogP contribution in [-0.2, 0) is 4.79 Å². The van der Waals surface area contributed by atoms with Gasteiger partial charge >= 0.3 is 6.03 Å². The van der Waals surface area contributed by atoms with Crippen LogP contribution in [0, 0.1) is 0 Å². The molecule has 172 valence electrons. The number of hydrogen-bond acceptors (Lipinski definition) is 6. The van der Waals surface area contributed by atoms with E-state index in [4.69, 9.17) is 0 Å². The molecule has 3 aliphatic heterocycles. The van der Waals surface area contributed by atoms with Crippen molar-refractivity contribution in [1.82, 2.24) is 25.9 Å². The van der Waals surface area contributed by atoms with Gasteiger partial charge in [0.25, 0.3) is 0 Å². The molecule has 8 nitrogen and oxygen atoms in total. The van der Waals surface area contributed by atoms with Gasteiger partial charge in [-0.2, -0.15) is 0 Å². The molecule has 0 radical (unpaired) electrons. The van der Waals surface area contributed by atoms with E-state index in [2.05, 4.69) is 25.9 Å². The summed E-state index contributed by atoms with van der Waals surface area (Å²) < 4.78 is 0. The Hall–Kier alpha value is -3.43. The Morgan fingerprint density at radius 1 is 1.12 bits per heavy atom. The first-order valence-electron chi connectivity index (χ1n) is 11.5. The predicted octanol–water partition coefficient (Wildman–Crippen LogP) is 3.39. The number of carbonyl (C=O) groups is 2. The van der Waals surface area contributed by atoms with Gasteiger partial charge in [0, 0.05) is 36.7 Å². The second kappa shape index (κ2) is 8.73. The zero-order valence-corrected chi connectivity index (χ0v) is 19.2. The number of thioether (sulfide) groups is 1. The lowest BCUT2D eigenvalue weighted by molar-refractivity contribution is -0.121. The fourth-order valence-electron chi connectivity index (χ4n) is 4.91. The van der Waals surface area contributed by atoms with Gasteiger partial charge in [-0.15, -0.1) is 0 Å². The number of nitrogens with one attached hydrogen (secondary N) is 3. The summed E-state index contributed by atoms with van der Waals surface area (Å²) in [6.07, 6.45) is 7.22. The molecule has 0 aliphatic carbocycles. The maximum absolute atomic E-state index is 13.4. The summed E-state index contributed by atoms with van der Waals surface area (Å²) in [6, 6.07) is 13.1. The van der Waals surface area contributed by atoms with Gasteiger partial charge in [-0.1, -0.05) is 23.9 Å². The Kier molecular flexibility index (Phi) is 5.43. The first-order chi connectivity index (χ1) is 16.7. The van der Waals surface area contributed by atoms with Crippen molar-refractivity contribution in [3.8, 4) is 11.1 Å². The van der Waals surface area contributed by atoms with E-state index < -0.39 is 11.3 Å². The Balaban J connectivity index is 1.32. The Labute approximate surface area is 201 Å². The van der Waals surface area contributed by atoms with Crippen LogP contribution in [0.25, 0.3) is 11.1 Å². The highest BCUT2D eigenvalue weighted by Crippen LogP contribution is 2.50. The quantitative estimate of drug-likeness (QED) is 0.538. The molecule has 1 aromatic carbocycles. The molecule has 3 aromatic rings. The molecular weight excluding hydrogens is 448 g/mol. The van der Waals surface area contributed by atoms with E-state index in [9.17, 15) is 9.59 Å². The minimum atomic E-state index is -0.445. The van der Waals surface area contributed by atoms with E-state index in [1.54, 1.807) is 23.5 Å². The lowest BCUT2D eigenvalue weighted by Crippen LogP contribution is -2.52. The number of pyridine rings is 2. The maximum Gasteiger partial charge on any atom is 0.327 e. The van der Waals surface area contributed by atoms with Crippen molar-refractivity contribution >= 4 is 35.1 Å². The van der Waals surface area contributed by atoms with Gasteiger partial charge < -0.3 is 16.0 Å². The molecule has 0 bridgehead atoms. The number of nitrogens with zero attached hydrogens (tertiary/aromatic N) is 3. The molecule has 6 rings (SSSR count). The van der Waals surface area contributed by atoms with Crippen molar-refractivity contribution < 1.29 is 9.59 Å². The number of carbonyl (C=O) groups excluding carboxylic acids is 2. The van der Waals surface area contributed by atoms with Crippen LogP contribution in [0.2, 0.25) is 0 Å². The van der Waals surface area contributed by atoms with Crippen molar-refractivity contribution in [3.63, 3.8) is 0 Å². The van der Waals surface area contributed by atoms with Crippen LogP contribution in [0.4, 0.5) is 16.2 Å². The standard InChI is InChI=1S/C25H24N6O2S/c32-23(29-17-4-2-9-27-14-17)22-21-20-19(8-12-28-24(20)34-22)31(25(33)30-21)18-5-1-3-16(13-18)15-6-10-26-11-7-15/h1,3,5-8,10-13,17,21-22,27H,2,4,9,14H2,(H,29,32)(H,30,33)/t17?,21?,22-/m1/s1. The normalized spacial score (nSPS) is 23.2. The zero-order valence-electron chi connectivity index (χ0n) is 18.4. The molecule has 2 unspecified atom stereocenters. The van der Waals surface area contributed by atoms with E-state index in [0.717, 1.165) is 59.0 Å². The van der Waals surface area contributed by atoms with Gasteiger partial charge in [0.2, 0.25) is 5.91 Å². The number of amides is 3. The summed E-state index contributed by atoms with van der Waals surface area (Å²) in [5.41, 5.74) is 4.45. The predicted molar refractivity (Wildman–Crippen MR) is 131 cm³/mol. The topological polar surface area (TPSA) is 99.2 Å². The third kappa shape index (κ3) is 3.70. The van der Waals surface area contributed by atoms with Crippen LogP contribution in [0.15, 0.2) is 66.1 Å². The lowest BCUT2D eigenvalue weighted by Gasteiger charge is -2.34. The first kappa shape index (κ1) is 21.1. The van der Waals surface area contributed by atoms with Crippen LogP contribution in [0.3, 0.4) is 0 Å². The maximum atomic E-state index is 13.4. The van der Waals surface area contributed by atoms with Gasteiger partial charge in [0.05, 0.1) is 17.4 Å². The number of benzene rings is 1. The van der Waals surface area contributed by atoms with E-state index in [1.165, 1.54) is 11.8 Å². The van der Waals surface area contributed by atoms with E-state index >= 15 is 0 Å². The summed E-state index contributed by atoms with van der Waals surface area (Å²) in [7, 11) is 0. The molecule has 3 atom stereocenters. The minimum Gasteiger partial charge on any atom is -0.351 e. The minimum absolute atomic E-state index is 0.0546. The second-order valence-corrected chi connectivity index (χ2v) is 9.82. The van der Waals surface area contributed by atoms with Crippen LogP contribution < -0.4 is 20.9 Å². The van der Waals surface area contributed by atoms with Crippen molar-refractivity contribution in [2.24, 2.45) is 0 Å². The third-order valence-corrected chi connectivity index (χ3v) is 7.81. The van der Waals surface area contributed by atoms with Gasteiger partial charge in [-0.3, -0.25) is 14.7 Å². The average Bonchev–Trinajstić information content (AvgIpc) is 3.25. The highest BCUT2D eigenvalue weighted by atomic mass is 32.2. The van der Waals surface area contributed by atoms with E-state index in [0.29, 0.717) is 0 Å². The molecule has 0 spiro atoms. The summed E-state index contributed by atoms with van der Waals surface area (Å²) >= 11 is 1.43. The number of hydrogen-bond donors (Lipinski definition) is 3. The molecule has 1 saturated heterocycles. The molecule has 3 N–H and O–H groups in total. The number of rotatable bonds is 4. The van der Waals surface area contributed by atoms with Gasteiger partial charge in [-0.25, -0.2) is 9.78 Å². The Morgan fingerprint density at radius 2 is 2.00 bits per heavy atom.